The minimum absolute atomic E-state index is 0.138. The molecule has 0 bridgehead atoms. The van der Waals surface area contributed by atoms with E-state index in [0.717, 1.165) is 19.6 Å². The van der Waals surface area contributed by atoms with E-state index >= 15 is 0 Å². The number of ether oxygens (including phenoxy) is 1. The van der Waals surface area contributed by atoms with Crippen LogP contribution in [0, 0.1) is 5.92 Å². The van der Waals surface area contributed by atoms with Gasteiger partial charge in [-0.05, 0) is 43.0 Å². The van der Waals surface area contributed by atoms with E-state index in [2.05, 4.69) is 52.6 Å². The van der Waals surface area contributed by atoms with Crippen molar-refractivity contribution in [3.63, 3.8) is 0 Å². The van der Waals surface area contributed by atoms with Gasteiger partial charge in [-0.25, -0.2) is 0 Å². The normalized spacial score (nSPS) is 31.4. The van der Waals surface area contributed by atoms with Crippen molar-refractivity contribution in [2.24, 2.45) is 5.92 Å². The first kappa shape index (κ1) is 16.0. The van der Waals surface area contributed by atoms with E-state index in [1.54, 1.807) is 0 Å². The molecule has 1 aliphatic carbocycles. The summed E-state index contributed by atoms with van der Waals surface area (Å²) >= 11 is 0. The molecule has 1 fully saturated rings. The molecule has 0 amide bonds. The lowest BCUT2D eigenvalue weighted by molar-refractivity contribution is 0.0575. The Morgan fingerprint density at radius 1 is 1.45 bits per heavy atom. The summed E-state index contributed by atoms with van der Waals surface area (Å²) < 4.78 is 12.6. The number of hydrogen-bond acceptors (Lipinski definition) is 2. The van der Waals surface area contributed by atoms with Gasteiger partial charge in [0.05, 0.1) is 18.8 Å². The minimum atomic E-state index is -1.81. The van der Waals surface area contributed by atoms with Crippen LogP contribution in [0.1, 0.15) is 40.0 Å². The van der Waals surface area contributed by atoms with E-state index in [4.69, 9.17) is 9.16 Å². The van der Waals surface area contributed by atoms with Crippen molar-refractivity contribution in [1.29, 1.82) is 0 Å². The summed E-state index contributed by atoms with van der Waals surface area (Å²) in [5.41, 5.74) is 1.23. The molecule has 0 aromatic carbocycles. The van der Waals surface area contributed by atoms with Crippen LogP contribution in [-0.4, -0.2) is 27.1 Å². The van der Waals surface area contributed by atoms with E-state index in [1.807, 2.05) is 0 Å². The molecular weight excluding hydrogens is 264 g/mol. The molecule has 2 atom stereocenters. The van der Waals surface area contributed by atoms with Gasteiger partial charge in [-0.3, -0.25) is 0 Å². The van der Waals surface area contributed by atoms with Crippen LogP contribution in [0.5, 0.6) is 0 Å². The van der Waals surface area contributed by atoms with E-state index < -0.39 is 8.32 Å². The quantitative estimate of drug-likeness (QED) is 0.553. The third kappa shape index (κ3) is 2.68. The molecule has 2 nitrogen and oxygen atoms in total. The predicted molar refractivity (Wildman–Crippen MR) is 87.5 cm³/mol. The van der Waals surface area contributed by atoms with Crippen LogP contribution in [0.4, 0.5) is 0 Å². The summed E-state index contributed by atoms with van der Waals surface area (Å²) in [6, 6.07) is 0. The molecule has 1 aliphatic heterocycles. The van der Waals surface area contributed by atoms with Gasteiger partial charge >= 0.3 is 0 Å². The molecule has 0 saturated heterocycles. The molecular formula is C17H30O2Si. The summed E-state index contributed by atoms with van der Waals surface area (Å²) in [5.74, 6) is 0.435. The molecule has 0 spiro atoms. The SMILES string of the molecule is C=C[C@H]1CCC[C@@]1(O[Si](C)(C)C(C)(C)C)C1=CCOC1. The van der Waals surface area contributed by atoms with Gasteiger partial charge in [0.2, 0.25) is 0 Å². The Morgan fingerprint density at radius 2 is 2.15 bits per heavy atom. The fourth-order valence-electron chi connectivity index (χ4n) is 3.19. The first-order valence-corrected chi connectivity index (χ1v) is 10.7. The molecule has 1 heterocycles. The first-order chi connectivity index (χ1) is 9.23. The predicted octanol–water partition coefficient (Wildman–Crippen LogP) is 4.69. The lowest BCUT2D eigenvalue weighted by Crippen LogP contribution is -2.52. The Hall–Kier alpha value is -0.383. The molecule has 0 unspecified atom stereocenters. The Kier molecular flexibility index (Phi) is 4.34. The molecule has 2 rings (SSSR count). The summed E-state index contributed by atoms with van der Waals surface area (Å²) in [4.78, 5) is 0. The zero-order chi connectivity index (χ0) is 15.0. The van der Waals surface area contributed by atoms with Gasteiger partial charge in [0, 0.05) is 5.92 Å². The van der Waals surface area contributed by atoms with Gasteiger partial charge in [0.15, 0.2) is 8.32 Å². The van der Waals surface area contributed by atoms with Gasteiger partial charge in [0.1, 0.15) is 0 Å². The monoisotopic (exact) mass is 294 g/mol. The van der Waals surface area contributed by atoms with Crippen LogP contribution in [0.15, 0.2) is 24.3 Å². The van der Waals surface area contributed by atoms with Crippen molar-refractivity contribution >= 4 is 8.32 Å². The highest BCUT2D eigenvalue weighted by molar-refractivity contribution is 6.74. The summed E-state index contributed by atoms with van der Waals surface area (Å²) in [6.45, 7) is 17.2. The summed E-state index contributed by atoms with van der Waals surface area (Å²) in [6.07, 6.45) is 7.89. The summed E-state index contributed by atoms with van der Waals surface area (Å²) in [5, 5.41) is 0.230. The van der Waals surface area contributed by atoms with Crippen LogP contribution in [-0.2, 0) is 9.16 Å². The standard InChI is InChI=1S/C17H30O2Si/c1-7-14-9-8-11-17(14,15-10-12-18-13-15)19-20(5,6)16(2,3)4/h7,10,14H,1,8-9,11-13H2,2-6H3/t14-,17-/m0/s1. The molecule has 20 heavy (non-hydrogen) atoms. The van der Waals surface area contributed by atoms with Crippen LogP contribution in [0.25, 0.3) is 0 Å². The topological polar surface area (TPSA) is 18.5 Å². The molecule has 3 heteroatoms. The second-order valence-corrected chi connectivity index (χ2v) is 12.5. The molecule has 0 N–H and O–H groups in total. The van der Waals surface area contributed by atoms with Crippen LogP contribution in [0.2, 0.25) is 18.1 Å². The van der Waals surface area contributed by atoms with E-state index in [0.29, 0.717) is 5.92 Å². The summed E-state index contributed by atoms with van der Waals surface area (Å²) in [7, 11) is -1.81. The zero-order valence-electron chi connectivity index (χ0n) is 13.8. The molecule has 0 aromatic heterocycles. The van der Waals surface area contributed by atoms with Gasteiger partial charge < -0.3 is 9.16 Å². The minimum Gasteiger partial charge on any atom is -0.407 e. The fraction of sp³-hybridized carbons (Fsp3) is 0.765. The van der Waals surface area contributed by atoms with Gasteiger partial charge in [0.25, 0.3) is 0 Å². The highest BCUT2D eigenvalue weighted by Crippen LogP contribution is 2.50. The Morgan fingerprint density at radius 3 is 2.65 bits per heavy atom. The maximum Gasteiger partial charge on any atom is 0.193 e. The second kappa shape index (κ2) is 5.43. The third-order valence-corrected chi connectivity index (χ3v) is 9.93. The average molecular weight is 295 g/mol. The van der Waals surface area contributed by atoms with Gasteiger partial charge in [-0.1, -0.05) is 32.9 Å². The Balaban J connectivity index is 2.36. The number of rotatable bonds is 4. The van der Waals surface area contributed by atoms with Crippen molar-refractivity contribution in [2.45, 2.75) is 63.8 Å². The van der Waals surface area contributed by atoms with Crippen molar-refractivity contribution in [2.75, 3.05) is 13.2 Å². The van der Waals surface area contributed by atoms with Crippen molar-refractivity contribution in [1.82, 2.24) is 0 Å². The zero-order valence-corrected chi connectivity index (χ0v) is 14.8. The highest BCUT2D eigenvalue weighted by atomic mass is 28.4. The Labute approximate surface area is 125 Å². The molecule has 114 valence electrons. The number of hydrogen-bond donors (Lipinski definition) is 0. The highest BCUT2D eigenvalue weighted by Gasteiger charge is 2.51. The average Bonchev–Trinajstić information content (AvgIpc) is 2.95. The van der Waals surface area contributed by atoms with Crippen LogP contribution >= 0.6 is 0 Å². The largest absolute Gasteiger partial charge is 0.407 e. The van der Waals surface area contributed by atoms with Crippen molar-refractivity contribution in [3.8, 4) is 0 Å². The maximum absolute atomic E-state index is 6.96. The smallest absolute Gasteiger partial charge is 0.193 e. The lowest BCUT2D eigenvalue weighted by Gasteiger charge is -2.47. The molecule has 1 saturated carbocycles. The van der Waals surface area contributed by atoms with Crippen molar-refractivity contribution < 1.29 is 9.16 Å². The maximum atomic E-state index is 6.96. The fourth-order valence-corrected chi connectivity index (χ4v) is 4.79. The Bertz CT molecular complexity index is 406. The molecule has 2 aliphatic rings. The molecule has 0 radical (unpaired) electrons. The van der Waals surface area contributed by atoms with Gasteiger partial charge in [-0.2, -0.15) is 0 Å². The van der Waals surface area contributed by atoms with Crippen molar-refractivity contribution in [3.05, 3.63) is 24.3 Å². The third-order valence-electron chi connectivity index (χ3n) is 5.44. The van der Waals surface area contributed by atoms with Gasteiger partial charge in [-0.15, -0.1) is 6.58 Å². The van der Waals surface area contributed by atoms with E-state index in [9.17, 15) is 0 Å². The van der Waals surface area contributed by atoms with Crippen LogP contribution < -0.4 is 0 Å². The lowest BCUT2D eigenvalue weighted by atomic mass is 9.84. The van der Waals surface area contributed by atoms with E-state index in [-0.39, 0.29) is 10.6 Å². The van der Waals surface area contributed by atoms with Crippen LogP contribution in [0.3, 0.4) is 0 Å². The molecule has 0 aromatic rings. The van der Waals surface area contributed by atoms with E-state index in [1.165, 1.54) is 18.4 Å². The first-order valence-electron chi connectivity index (χ1n) is 7.83. The second-order valence-electron chi connectivity index (χ2n) is 7.73.